The molecule has 3 aromatic rings. The van der Waals surface area contributed by atoms with E-state index < -0.39 is 9.84 Å². The molecule has 2 aromatic carbocycles. The van der Waals surface area contributed by atoms with E-state index in [2.05, 4.69) is 49.6 Å². The van der Waals surface area contributed by atoms with Crippen molar-refractivity contribution in [2.45, 2.75) is 32.6 Å². The predicted octanol–water partition coefficient (Wildman–Crippen LogP) is 4.84. The van der Waals surface area contributed by atoms with Gasteiger partial charge in [0, 0.05) is 55.0 Å². The zero-order chi connectivity index (χ0) is 25.9. The van der Waals surface area contributed by atoms with Crippen molar-refractivity contribution in [3.63, 3.8) is 0 Å². The number of piperazine rings is 1. The smallest absolute Gasteiger partial charge is 0.229 e. The van der Waals surface area contributed by atoms with Crippen LogP contribution in [-0.4, -0.2) is 62.3 Å². The number of hydrogen-bond acceptors (Lipinski definition) is 8. The Balaban J connectivity index is 1.47. The fourth-order valence-corrected chi connectivity index (χ4v) is 6.03. The number of likely N-dealkylation sites (N-methyl/N-ethyl adjacent to an activating group) is 1. The van der Waals surface area contributed by atoms with Gasteiger partial charge < -0.3 is 20.4 Å². The number of nitrogens with zero attached hydrogens (tertiary/aromatic N) is 4. The Kier molecular flexibility index (Phi) is 7.51. The molecule has 0 bridgehead atoms. The number of aromatic nitrogens is 2. The summed E-state index contributed by atoms with van der Waals surface area (Å²) in [4.78, 5) is 14.1. The van der Waals surface area contributed by atoms with Crippen LogP contribution in [0.4, 0.5) is 28.8 Å². The van der Waals surface area contributed by atoms with Crippen LogP contribution in [0.15, 0.2) is 59.6 Å². The van der Waals surface area contributed by atoms with Crippen LogP contribution in [0.3, 0.4) is 0 Å². The molecule has 0 saturated carbocycles. The van der Waals surface area contributed by atoms with E-state index in [1.54, 1.807) is 24.4 Å². The lowest BCUT2D eigenvalue weighted by atomic mass is 10.0. The molecule has 0 unspecified atom stereocenters. The van der Waals surface area contributed by atoms with Gasteiger partial charge in [-0.2, -0.15) is 4.98 Å². The third-order valence-electron chi connectivity index (χ3n) is 6.04. The number of nitrogens with one attached hydrogen (secondary N) is 2. The molecule has 1 saturated heterocycles. The first kappa shape index (κ1) is 25.9. The number of aryl methyl sites for hydroxylation is 1. The Morgan fingerprint density at radius 2 is 1.64 bits per heavy atom. The topological polar surface area (TPSA) is 90.5 Å². The third kappa shape index (κ3) is 6.73. The van der Waals surface area contributed by atoms with Gasteiger partial charge in [0.1, 0.15) is 5.82 Å². The van der Waals surface area contributed by atoms with Gasteiger partial charge in [0.25, 0.3) is 0 Å². The molecule has 0 atom stereocenters. The molecule has 2 heterocycles. The molecule has 0 radical (unpaired) electrons. The molecule has 8 nitrogen and oxygen atoms in total. The molecule has 1 fully saturated rings. The maximum absolute atomic E-state index is 12.8. The normalized spacial score (nSPS) is 15.1. The molecule has 9 heteroatoms. The maximum Gasteiger partial charge on any atom is 0.229 e. The van der Waals surface area contributed by atoms with Crippen molar-refractivity contribution in [2.75, 3.05) is 54.5 Å². The highest BCUT2D eigenvalue weighted by molar-refractivity contribution is 7.91. The second-order valence-corrected chi connectivity index (χ2v) is 12.6. The maximum atomic E-state index is 12.8. The Hall–Kier alpha value is -3.17. The van der Waals surface area contributed by atoms with E-state index in [-0.39, 0.29) is 11.2 Å². The molecule has 2 N–H and O–H groups in total. The van der Waals surface area contributed by atoms with E-state index in [0.717, 1.165) is 37.4 Å². The van der Waals surface area contributed by atoms with Crippen LogP contribution in [0.1, 0.15) is 26.3 Å². The van der Waals surface area contributed by atoms with Gasteiger partial charge in [0.15, 0.2) is 9.84 Å². The van der Waals surface area contributed by atoms with E-state index in [1.165, 1.54) is 5.69 Å². The van der Waals surface area contributed by atoms with Crippen LogP contribution in [-0.2, 0) is 9.84 Å². The van der Waals surface area contributed by atoms with E-state index >= 15 is 0 Å². The van der Waals surface area contributed by atoms with Crippen molar-refractivity contribution >= 4 is 38.7 Å². The zero-order valence-corrected chi connectivity index (χ0v) is 22.6. The minimum atomic E-state index is -3.40. The van der Waals surface area contributed by atoms with E-state index in [9.17, 15) is 8.42 Å². The van der Waals surface area contributed by atoms with Crippen LogP contribution >= 0.6 is 0 Å². The predicted molar refractivity (Wildman–Crippen MR) is 147 cm³/mol. The van der Waals surface area contributed by atoms with E-state index in [4.69, 9.17) is 0 Å². The number of sulfone groups is 1. The lowest BCUT2D eigenvalue weighted by Gasteiger charge is -2.34. The standard InChI is InChI=1S/C27H36N6O2S/c1-20-18-28-26(30-21-9-11-23(12-10-21)33-15-13-32(5)14-16-33)31-25(20)29-22-7-6-8-24(17-22)36(34,35)19-27(2,3)4/h6-12,17-18H,13-16,19H2,1-5H3,(H2,28,29,30,31). The van der Waals surface area contributed by atoms with Gasteiger partial charge in [-0.15, -0.1) is 0 Å². The summed E-state index contributed by atoms with van der Waals surface area (Å²) >= 11 is 0. The molecule has 1 aliphatic rings. The summed E-state index contributed by atoms with van der Waals surface area (Å²) < 4.78 is 25.7. The van der Waals surface area contributed by atoms with Gasteiger partial charge in [0.05, 0.1) is 10.6 Å². The molecule has 0 spiro atoms. The van der Waals surface area contributed by atoms with Crippen molar-refractivity contribution in [2.24, 2.45) is 5.41 Å². The van der Waals surface area contributed by atoms with Gasteiger partial charge in [-0.1, -0.05) is 26.8 Å². The van der Waals surface area contributed by atoms with Crippen molar-refractivity contribution in [1.29, 1.82) is 0 Å². The average Bonchev–Trinajstić information content (AvgIpc) is 2.81. The summed E-state index contributed by atoms with van der Waals surface area (Å²) in [6.07, 6.45) is 1.75. The lowest BCUT2D eigenvalue weighted by molar-refractivity contribution is 0.313. The average molecular weight is 509 g/mol. The van der Waals surface area contributed by atoms with Crippen LogP contribution in [0.5, 0.6) is 0 Å². The minimum Gasteiger partial charge on any atom is -0.369 e. The molecule has 0 aliphatic carbocycles. The Labute approximate surface area is 214 Å². The molecule has 1 aliphatic heterocycles. The SMILES string of the molecule is Cc1cnc(Nc2ccc(N3CCN(C)CC3)cc2)nc1Nc1cccc(S(=O)(=O)CC(C)(C)C)c1. The van der Waals surface area contributed by atoms with Crippen LogP contribution < -0.4 is 15.5 Å². The Morgan fingerprint density at radius 1 is 0.944 bits per heavy atom. The zero-order valence-electron chi connectivity index (χ0n) is 21.7. The Bertz CT molecular complexity index is 1290. The molecule has 4 rings (SSSR count). The highest BCUT2D eigenvalue weighted by Crippen LogP contribution is 2.27. The van der Waals surface area contributed by atoms with E-state index in [0.29, 0.717) is 22.3 Å². The summed E-state index contributed by atoms with van der Waals surface area (Å²) in [5.74, 6) is 1.16. The number of rotatable bonds is 7. The van der Waals surface area contributed by atoms with Gasteiger partial charge in [0.2, 0.25) is 5.95 Å². The lowest BCUT2D eigenvalue weighted by Crippen LogP contribution is -2.44. The fourth-order valence-electron chi connectivity index (χ4n) is 4.14. The second-order valence-electron chi connectivity index (χ2n) is 10.7. The van der Waals surface area contributed by atoms with E-state index in [1.807, 2.05) is 45.9 Å². The summed E-state index contributed by atoms with van der Waals surface area (Å²) in [5.41, 5.74) is 3.30. The third-order valence-corrected chi connectivity index (χ3v) is 8.26. The van der Waals surface area contributed by atoms with Gasteiger partial charge >= 0.3 is 0 Å². The fraction of sp³-hybridized carbons (Fsp3) is 0.407. The largest absolute Gasteiger partial charge is 0.369 e. The summed E-state index contributed by atoms with van der Waals surface area (Å²) in [6.45, 7) is 11.9. The number of anilines is 5. The molecule has 0 amide bonds. The number of hydrogen-bond donors (Lipinski definition) is 2. The highest BCUT2D eigenvalue weighted by atomic mass is 32.2. The van der Waals surface area contributed by atoms with Gasteiger partial charge in [-0.25, -0.2) is 13.4 Å². The summed E-state index contributed by atoms with van der Waals surface area (Å²) in [5, 5.41) is 6.53. The monoisotopic (exact) mass is 508 g/mol. The van der Waals surface area contributed by atoms with Gasteiger partial charge in [-0.05, 0) is 61.9 Å². The molecular weight excluding hydrogens is 472 g/mol. The first-order valence-corrected chi connectivity index (χ1v) is 13.9. The molecule has 192 valence electrons. The highest BCUT2D eigenvalue weighted by Gasteiger charge is 2.23. The number of benzene rings is 2. The second kappa shape index (κ2) is 10.4. The summed E-state index contributed by atoms with van der Waals surface area (Å²) in [7, 11) is -1.24. The van der Waals surface area contributed by atoms with Gasteiger partial charge in [-0.3, -0.25) is 0 Å². The van der Waals surface area contributed by atoms with Crippen LogP contribution in [0.25, 0.3) is 0 Å². The van der Waals surface area contributed by atoms with Crippen LogP contribution in [0, 0.1) is 12.3 Å². The van der Waals surface area contributed by atoms with Crippen molar-refractivity contribution in [3.05, 3.63) is 60.3 Å². The van der Waals surface area contributed by atoms with Crippen molar-refractivity contribution in [1.82, 2.24) is 14.9 Å². The summed E-state index contributed by atoms with van der Waals surface area (Å²) in [6, 6.07) is 15.2. The molecule has 1 aromatic heterocycles. The first-order valence-electron chi connectivity index (χ1n) is 12.2. The van der Waals surface area contributed by atoms with Crippen molar-refractivity contribution in [3.8, 4) is 0 Å². The Morgan fingerprint density at radius 3 is 2.31 bits per heavy atom. The minimum absolute atomic E-state index is 0.0810. The molecule has 36 heavy (non-hydrogen) atoms. The van der Waals surface area contributed by atoms with Crippen molar-refractivity contribution < 1.29 is 8.42 Å². The quantitative estimate of drug-likeness (QED) is 0.468. The molecular formula is C27H36N6O2S. The van der Waals surface area contributed by atoms with Crippen LogP contribution in [0.2, 0.25) is 0 Å². The first-order chi connectivity index (χ1) is 17.0.